The third-order valence-corrected chi connectivity index (χ3v) is 4.68. The normalized spacial score (nSPS) is 11.0. The largest absolute Gasteiger partial charge is 0.507 e. The molecule has 26 heavy (non-hydrogen) atoms. The maximum absolute atomic E-state index is 11.0. The first kappa shape index (κ1) is 16.1. The Hall–Kier alpha value is -3.40. The number of phenols is 2. The third kappa shape index (κ3) is 2.23. The molecular weight excluding hydrogens is 328 g/mol. The van der Waals surface area contributed by atoms with E-state index in [1.165, 1.54) is 7.11 Å². The highest BCUT2D eigenvalue weighted by molar-refractivity contribution is 6.05. The van der Waals surface area contributed by atoms with Crippen LogP contribution in [-0.2, 0) is 0 Å². The minimum Gasteiger partial charge on any atom is -0.507 e. The summed E-state index contributed by atoms with van der Waals surface area (Å²) in [5.41, 5.74) is 0.897. The van der Waals surface area contributed by atoms with Crippen LogP contribution in [0.4, 0.5) is 0 Å². The molecule has 0 aromatic heterocycles. The maximum atomic E-state index is 11.0. The van der Waals surface area contributed by atoms with Gasteiger partial charge in [-0.05, 0) is 11.5 Å². The highest BCUT2D eigenvalue weighted by Crippen LogP contribution is 2.52. The standard InChI is InChI=1S/C22H18O4/c1-25-21-16-10-6-5-9-15(16)20(24)18(22(21)26-2)17-12-11-13-7-3-4-8-14(13)19(17)23/h3-12,23-24H,1-2H3. The second-order valence-electron chi connectivity index (χ2n) is 6.02. The van der Waals surface area contributed by atoms with Gasteiger partial charge in [0.25, 0.3) is 0 Å². The fourth-order valence-electron chi connectivity index (χ4n) is 3.47. The number of hydrogen-bond donors (Lipinski definition) is 2. The highest BCUT2D eigenvalue weighted by atomic mass is 16.5. The fraction of sp³-hybridized carbons (Fsp3) is 0.0909. The lowest BCUT2D eigenvalue weighted by atomic mass is 9.94. The Balaban J connectivity index is 2.15. The summed E-state index contributed by atoms with van der Waals surface area (Å²) in [6.07, 6.45) is 0. The van der Waals surface area contributed by atoms with Crippen LogP contribution in [-0.4, -0.2) is 24.4 Å². The molecule has 0 atom stereocenters. The Morgan fingerprint density at radius 1 is 0.615 bits per heavy atom. The van der Waals surface area contributed by atoms with Crippen molar-refractivity contribution >= 4 is 21.5 Å². The van der Waals surface area contributed by atoms with E-state index in [4.69, 9.17) is 9.47 Å². The molecule has 0 aliphatic heterocycles. The molecule has 0 spiro atoms. The Morgan fingerprint density at radius 3 is 1.92 bits per heavy atom. The molecule has 0 unspecified atom stereocenters. The lowest BCUT2D eigenvalue weighted by Crippen LogP contribution is -1.96. The van der Waals surface area contributed by atoms with Gasteiger partial charge in [-0.25, -0.2) is 0 Å². The van der Waals surface area contributed by atoms with Crippen molar-refractivity contribution in [1.29, 1.82) is 0 Å². The Kier molecular flexibility index (Phi) is 3.81. The van der Waals surface area contributed by atoms with Crippen LogP contribution in [0.15, 0.2) is 60.7 Å². The van der Waals surface area contributed by atoms with E-state index in [0.29, 0.717) is 33.4 Å². The minimum absolute atomic E-state index is 0.0452. The van der Waals surface area contributed by atoms with Gasteiger partial charge in [-0.1, -0.05) is 54.6 Å². The number of hydrogen-bond acceptors (Lipinski definition) is 4. The summed E-state index contributed by atoms with van der Waals surface area (Å²) in [5, 5.41) is 24.9. The zero-order valence-electron chi connectivity index (χ0n) is 14.5. The van der Waals surface area contributed by atoms with Crippen molar-refractivity contribution in [3.05, 3.63) is 60.7 Å². The lowest BCUT2D eigenvalue weighted by molar-refractivity contribution is 0.357. The highest BCUT2D eigenvalue weighted by Gasteiger charge is 2.24. The number of rotatable bonds is 3. The summed E-state index contributed by atoms with van der Waals surface area (Å²) in [6.45, 7) is 0. The van der Waals surface area contributed by atoms with E-state index in [1.54, 1.807) is 13.2 Å². The van der Waals surface area contributed by atoms with Gasteiger partial charge in [-0.3, -0.25) is 0 Å². The van der Waals surface area contributed by atoms with Crippen molar-refractivity contribution in [3.8, 4) is 34.1 Å². The number of aromatic hydroxyl groups is 2. The van der Waals surface area contributed by atoms with Crippen LogP contribution in [0.2, 0.25) is 0 Å². The van der Waals surface area contributed by atoms with Gasteiger partial charge < -0.3 is 19.7 Å². The van der Waals surface area contributed by atoms with Gasteiger partial charge in [0, 0.05) is 21.7 Å². The molecule has 0 amide bonds. The van der Waals surface area contributed by atoms with Crippen molar-refractivity contribution in [2.45, 2.75) is 0 Å². The molecule has 0 aliphatic rings. The van der Waals surface area contributed by atoms with Crippen LogP contribution >= 0.6 is 0 Å². The van der Waals surface area contributed by atoms with E-state index in [2.05, 4.69) is 0 Å². The molecule has 0 aliphatic carbocycles. The van der Waals surface area contributed by atoms with Crippen molar-refractivity contribution in [3.63, 3.8) is 0 Å². The quantitative estimate of drug-likeness (QED) is 0.542. The Labute approximate surface area is 150 Å². The van der Waals surface area contributed by atoms with Crippen molar-refractivity contribution in [2.75, 3.05) is 14.2 Å². The van der Waals surface area contributed by atoms with E-state index in [-0.39, 0.29) is 11.5 Å². The first-order chi connectivity index (χ1) is 12.7. The zero-order chi connectivity index (χ0) is 18.3. The Morgan fingerprint density at radius 2 is 1.23 bits per heavy atom. The van der Waals surface area contributed by atoms with Gasteiger partial charge in [0.15, 0.2) is 11.5 Å². The van der Waals surface area contributed by atoms with Crippen LogP contribution in [0.25, 0.3) is 32.7 Å². The maximum Gasteiger partial charge on any atom is 0.173 e. The van der Waals surface area contributed by atoms with E-state index in [0.717, 1.165) is 10.8 Å². The molecule has 2 N–H and O–H groups in total. The van der Waals surface area contributed by atoms with Crippen LogP contribution in [0.5, 0.6) is 23.0 Å². The summed E-state index contributed by atoms with van der Waals surface area (Å²) >= 11 is 0. The second kappa shape index (κ2) is 6.15. The SMILES string of the molecule is COc1c(-c2ccc3ccccc3c2O)c(O)c2ccccc2c1OC. The zero-order valence-corrected chi connectivity index (χ0v) is 14.5. The van der Waals surface area contributed by atoms with E-state index in [9.17, 15) is 10.2 Å². The molecule has 0 saturated heterocycles. The van der Waals surface area contributed by atoms with Gasteiger partial charge in [-0.2, -0.15) is 0 Å². The van der Waals surface area contributed by atoms with Crippen LogP contribution in [0, 0.1) is 0 Å². The smallest absolute Gasteiger partial charge is 0.173 e. The van der Waals surface area contributed by atoms with Crippen LogP contribution in [0.3, 0.4) is 0 Å². The summed E-state index contributed by atoms with van der Waals surface area (Å²) < 4.78 is 11.2. The average Bonchev–Trinajstić information content (AvgIpc) is 2.69. The summed E-state index contributed by atoms with van der Waals surface area (Å²) in [4.78, 5) is 0. The minimum atomic E-state index is 0.0452. The molecule has 4 aromatic carbocycles. The lowest BCUT2D eigenvalue weighted by Gasteiger charge is -2.19. The molecule has 0 bridgehead atoms. The molecule has 4 heteroatoms. The molecule has 4 nitrogen and oxygen atoms in total. The molecule has 0 heterocycles. The van der Waals surface area contributed by atoms with Gasteiger partial charge in [0.2, 0.25) is 0 Å². The average molecular weight is 346 g/mol. The topological polar surface area (TPSA) is 58.9 Å². The van der Waals surface area contributed by atoms with Crippen LogP contribution < -0.4 is 9.47 Å². The first-order valence-electron chi connectivity index (χ1n) is 8.24. The molecule has 4 aromatic rings. The van der Waals surface area contributed by atoms with E-state index < -0.39 is 0 Å². The van der Waals surface area contributed by atoms with Gasteiger partial charge in [0.05, 0.1) is 19.8 Å². The van der Waals surface area contributed by atoms with Crippen LogP contribution in [0.1, 0.15) is 0 Å². The monoisotopic (exact) mass is 346 g/mol. The summed E-state index contributed by atoms with van der Waals surface area (Å²) in [6, 6.07) is 18.6. The van der Waals surface area contributed by atoms with Gasteiger partial charge in [0.1, 0.15) is 11.5 Å². The predicted molar refractivity (Wildman–Crippen MR) is 103 cm³/mol. The van der Waals surface area contributed by atoms with E-state index in [1.807, 2.05) is 54.6 Å². The molecular formula is C22H18O4. The molecule has 0 saturated carbocycles. The van der Waals surface area contributed by atoms with Crippen molar-refractivity contribution in [2.24, 2.45) is 0 Å². The third-order valence-electron chi connectivity index (χ3n) is 4.68. The fourth-order valence-corrected chi connectivity index (χ4v) is 3.47. The molecule has 4 rings (SSSR count). The summed E-state index contributed by atoms with van der Waals surface area (Å²) in [5.74, 6) is 1.04. The Bertz CT molecular complexity index is 1130. The number of fused-ring (bicyclic) bond motifs is 2. The van der Waals surface area contributed by atoms with Crippen molar-refractivity contribution < 1.29 is 19.7 Å². The number of phenolic OH excluding ortho intramolecular Hbond substituents is 2. The molecule has 0 fully saturated rings. The number of ether oxygens (including phenoxy) is 2. The number of methoxy groups -OCH3 is 2. The first-order valence-corrected chi connectivity index (χ1v) is 8.24. The molecule has 130 valence electrons. The van der Waals surface area contributed by atoms with Gasteiger partial charge in [-0.15, -0.1) is 0 Å². The second-order valence-corrected chi connectivity index (χ2v) is 6.02. The number of benzene rings is 4. The van der Waals surface area contributed by atoms with Gasteiger partial charge >= 0.3 is 0 Å². The van der Waals surface area contributed by atoms with E-state index >= 15 is 0 Å². The molecule has 0 radical (unpaired) electrons. The van der Waals surface area contributed by atoms with Crippen molar-refractivity contribution in [1.82, 2.24) is 0 Å². The predicted octanol–water partition coefficient (Wildman–Crippen LogP) is 5.09. The summed E-state index contributed by atoms with van der Waals surface area (Å²) in [7, 11) is 3.08.